The summed E-state index contributed by atoms with van der Waals surface area (Å²) in [5.41, 5.74) is 0. The molecule has 0 bridgehead atoms. The van der Waals surface area contributed by atoms with Crippen molar-refractivity contribution in [3.05, 3.63) is 36.9 Å². The van der Waals surface area contributed by atoms with Gasteiger partial charge in [-0.1, -0.05) is 18.7 Å². The average molecular weight is 219 g/mol. The maximum Gasteiger partial charge on any atom is 0.243 e. The van der Waals surface area contributed by atoms with E-state index in [1.165, 1.54) is 6.08 Å². The van der Waals surface area contributed by atoms with E-state index in [0.717, 1.165) is 5.75 Å². The second kappa shape index (κ2) is 4.70. The zero-order valence-corrected chi connectivity index (χ0v) is 8.81. The molecular formula is C12H13NO3. The summed E-state index contributed by atoms with van der Waals surface area (Å²) in [6.07, 6.45) is 1.08. The number of carbonyl (C=O) groups excluding carboxylic acids is 1. The normalized spacial score (nSPS) is 17.6. The van der Waals surface area contributed by atoms with Gasteiger partial charge in [0.05, 0.1) is 6.54 Å². The van der Waals surface area contributed by atoms with Crippen LogP contribution in [0.3, 0.4) is 0 Å². The highest BCUT2D eigenvalue weighted by atomic mass is 16.6. The second-order valence-corrected chi connectivity index (χ2v) is 3.45. The first-order valence-electron chi connectivity index (χ1n) is 5.08. The van der Waals surface area contributed by atoms with Crippen molar-refractivity contribution in [2.45, 2.75) is 6.10 Å². The van der Waals surface area contributed by atoms with E-state index in [1.54, 1.807) is 0 Å². The molecule has 0 spiro atoms. The minimum absolute atomic E-state index is 0.154. The van der Waals surface area contributed by atoms with Crippen molar-refractivity contribution in [1.82, 2.24) is 5.32 Å². The molecule has 2 rings (SSSR count). The quantitative estimate of drug-likeness (QED) is 0.775. The maximum atomic E-state index is 11.0. The highest BCUT2D eigenvalue weighted by Gasteiger charge is 2.20. The molecule has 84 valence electrons. The minimum Gasteiger partial charge on any atom is -0.486 e. The molecule has 1 N–H and O–H groups in total. The van der Waals surface area contributed by atoms with Crippen molar-refractivity contribution in [3.8, 4) is 11.5 Å². The molecule has 16 heavy (non-hydrogen) atoms. The van der Waals surface area contributed by atoms with Gasteiger partial charge in [-0.3, -0.25) is 4.79 Å². The molecule has 1 amide bonds. The molecule has 1 heterocycles. The van der Waals surface area contributed by atoms with Crippen LogP contribution in [0, 0.1) is 0 Å². The number of benzene rings is 1. The molecule has 0 fully saturated rings. The number of carbonyl (C=O) groups is 1. The van der Waals surface area contributed by atoms with Gasteiger partial charge in [0, 0.05) is 0 Å². The third-order valence-electron chi connectivity index (χ3n) is 2.26. The number of fused-ring (bicyclic) bond motifs is 1. The van der Waals surface area contributed by atoms with Crippen molar-refractivity contribution >= 4 is 5.91 Å². The van der Waals surface area contributed by atoms with Gasteiger partial charge in [-0.25, -0.2) is 0 Å². The number of para-hydroxylation sites is 2. The molecule has 0 aromatic heterocycles. The van der Waals surface area contributed by atoms with Crippen LogP contribution < -0.4 is 14.8 Å². The Morgan fingerprint density at radius 1 is 1.50 bits per heavy atom. The third-order valence-corrected chi connectivity index (χ3v) is 2.26. The Morgan fingerprint density at radius 2 is 2.25 bits per heavy atom. The van der Waals surface area contributed by atoms with Crippen LogP contribution >= 0.6 is 0 Å². The fourth-order valence-corrected chi connectivity index (χ4v) is 1.45. The molecule has 1 aliphatic heterocycles. The first-order valence-corrected chi connectivity index (χ1v) is 5.08. The summed E-state index contributed by atoms with van der Waals surface area (Å²) in [6.45, 7) is 4.23. The number of ether oxygens (including phenoxy) is 2. The summed E-state index contributed by atoms with van der Waals surface area (Å²) in [4.78, 5) is 11.0. The maximum absolute atomic E-state index is 11.0. The molecule has 4 heteroatoms. The Hall–Kier alpha value is -1.97. The lowest BCUT2D eigenvalue weighted by molar-refractivity contribution is -0.117. The third kappa shape index (κ3) is 2.34. The zero-order chi connectivity index (χ0) is 11.4. The van der Waals surface area contributed by atoms with Crippen molar-refractivity contribution < 1.29 is 14.3 Å². The van der Waals surface area contributed by atoms with Crippen LogP contribution in [-0.2, 0) is 4.79 Å². The van der Waals surface area contributed by atoms with E-state index in [1.807, 2.05) is 24.3 Å². The first kappa shape index (κ1) is 10.5. The molecule has 1 aromatic rings. The van der Waals surface area contributed by atoms with Gasteiger partial charge >= 0.3 is 0 Å². The van der Waals surface area contributed by atoms with E-state index in [-0.39, 0.29) is 12.0 Å². The van der Waals surface area contributed by atoms with Gasteiger partial charge in [0.2, 0.25) is 5.91 Å². The van der Waals surface area contributed by atoms with Gasteiger partial charge in [-0.05, 0) is 18.2 Å². The highest BCUT2D eigenvalue weighted by Crippen LogP contribution is 2.30. The summed E-state index contributed by atoms with van der Waals surface area (Å²) < 4.78 is 11.2. The van der Waals surface area contributed by atoms with E-state index >= 15 is 0 Å². The van der Waals surface area contributed by atoms with Crippen LogP contribution in [-0.4, -0.2) is 25.2 Å². The number of rotatable bonds is 3. The molecule has 0 saturated heterocycles. The van der Waals surface area contributed by atoms with Crippen LogP contribution in [0.2, 0.25) is 0 Å². The van der Waals surface area contributed by atoms with Crippen LogP contribution in [0.1, 0.15) is 0 Å². The lowest BCUT2D eigenvalue weighted by Gasteiger charge is -2.26. The van der Waals surface area contributed by atoms with Gasteiger partial charge in [-0.15, -0.1) is 0 Å². The predicted octanol–water partition coefficient (Wildman–Crippen LogP) is 1.13. The van der Waals surface area contributed by atoms with Crippen LogP contribution in [0.5, 0.6) is 11.5 Å². The zero-order valence-electron chi connectivity index (χ0n) is 8.81. The molecule has 0 unspecified atom stereocenters. The molecule has 0 radical (unpaired) electrons. The summed E-state index contributed by atoms with van der Waals surface area (Å²) in [5.74, 6) is 1.25. The standard InChI is InChI=1S/C12H13NO3/c1-2-12(14)13-7-9-8-15-10-5-3-4-6-11(10)16-9/h2-6,9H,1,7-8H2,(H,13,14)/t9-/m0/s1. The molecule has 4 nitrogen and oxygen atoms in total. The van der Waals surface area contributed by atoms with Crippen molar-refractivity contribution in [2.24, 2.45) is 0 Å². The van der Waals surface area contributed by atoms with Crippen molar-refractivity contribution in [1.29, 1.82) is 0 Å². The molecule has 0 saturated carbocycles. The van der Waals surface area contributed by atoms with Gasteiger partial charge in [0.1, 0.15) is 12.7 Å². The smallest absolute Gasteiger partial charge is 0.243 e. The largest absolute Gasteiger partial charge is 0.486 e. The van der Waals surface area contributed by atoms with E-state index in [0.29, 0.717) is 18.9 Å². The predicted molar refractivity (Wildman–Crippen MR) is 59.6 cm³/mol. The van der Waals surface area contributed by atoms with Crippen LogP contribution in [0.4, 0.5) is 0 Å². The molecule has 1 aromatic carbocycles. The van der Waals surface area contributed by atoms with E-state index in [9.17, 15) is 4.79 Å². The summed E-state index contributed by atoms with van der Waals surface area (Å²) in [6, 6.07) is 7.47. The van der Waals surface area contributed by atoms with Crippen molar-refractivity contribution in [3.63, 3.8) is 0 Å². The first-order chi connectivity index (χ1) is 7.79. The molecule has 1 atom stereocenters. The second-order valence-electron chi connectivity index (χ2n) is 3.45. The van der Waals surface area contributed by atoms with E-state index in [2.05, 4.69) is 11.9 Å². The van der Waals surface area contributed by atoms with Gasteiger partial charge in [0.15, 0.2) is 11.5 Å². The molecule has 0 aliphatic carbocycles. The van der Waals surface area contributed by atoms with Gasteiger partial charge in [0.25, 0.3) is 0 Å². The summed E-state index contributed by atoms with van der Waals surface area (Å²) in [5, 5.41) is 2.67. The van der Waals surface area contributed by atoms with E-state index < -0.39 is 0 Å². The fourth-order valence-electron chi connectivity index (χ4n) is 1.45. The molecule has 1 aliphatic rings. The summed E-state index contributed by atoms with van der Waals surface area (Å²) >= 11 is 0. The number of amides is 1. The van der Waals surface area contributed by atoms with Gasteiger partial charge < -0.3 is 14.8 Å². The summed E-state index contributed by atoms with van der Waals surface area (Å²) in [7, 11) is 0. The minimum atomic E-state index is -0.206. The van der Waals surface area contributed by atoms with E-state index in [4.69, 9.17) is 9.47 Å². The Labute approximate surface area is 93.9 Å². The Bertz CT molecular complexity index is 403. The SMILES string of the molecule is C=CC(=O)NC[C@H]1COc2ccccc2O1. The lowest BCUT2D eigenvalue weighted by atomic mass is 10.2. The lowest BCUT2D eigenvalue weighted by Crippen LogP contribution is -2.40. The molecular weight excluding hydrogens is 206 g/mol. The topological polar surface area (TPSA) is 47.6 Å². The number of hydrogen-bond acceptors (Lipinski definition) is 3. The Balaban J connectivity index is 1.93. The monoisotopic (exact) mass is 219 g/mol. The number of nitrogens with one attached hydrogen (secondary N) is 1. The van der Waals surface area contributed by atoms with Gasteiger partial charge in [-0.2, -0.15) is 0 Å². The number of hydrogen-bond donors (Lipinski definition) is 1. The van der Waals surface area contributed by atoms with Crippen molar-refractivity contribution in [2.75, 3.05) is 13.2 Å². The van der Waals surface area contributed by atoms with Crippen LogP contribution in [0.25, 0.3) is 0 Å². The highest BCUT2D eigenvalue weighted by molar-refractivity contribution is 5.86. The van der Waals surface area contributed by atoms with Crippen LogP contribution in [0.15, 0.2) is 36.9 Å². The average Bonchev–Trinajstić information content (AvgIpc) is 2.35. The Kier molecular flexibility index (Phi) is 3.10. The Morgan fingerprint density at radius 3 is 3.00 bits per heavy atom. The fraction of sp³-hybridized carbons (Fsp3) is 0.250.